The first-order valence-electron chi connectivity index (χ1n) is 5.57. The van der Waals surface area contributed by atoms with Crippen LogP contribution in [0.1, 0.15) is 40.0 Å². The summed E-state index contributed by atoms with van der Waals surface area (Å²) >= 11 is 0. The number of carbonyl (C=O) groups is 2. The molecule has 0 spiro atoms. The molecule has 4 nitrogen and oxygen atoms in total. The van der Waals surface area contributed by atoms with Crippen LogP contribution in [0.15, 0.2) is 0 Å². The maximum atomic E-state index is 11.7. The van der Waals surface area contributed by atoms with E-state index in [0.29, 0.717) is 12.8 Å². The summed E-state index contributed by atoms with van der Waals surface area (Å²) in [5.41, 5.74) is -0.600. The third-order valence-corrected chi connectivity index (χ3v) is 2.84. The number of carbonyl (C=O) groups excluding carboxylic acids is 2. The van der Waals surface area contributed by atoms with Crippen molar-refractivity contribution in [2.24, 2.45) is 11.3 Å². The molecule has 0 aromatic carbocycles. The van der Waals surface area contributed by atoms with Gasteiger partial charge in [-0.05, 0) is 19.8 Å². The van der Waals surface area contributed by atoms with Crippen LogP contribution in [0.25, 0.3) is 0 Å². The maximum absolute atomic E-state index is 11.7. The van der Waals surface area contributed by atoms with Crippen LogP contribution < -0.4 is 0 Å². The van der Waals surface area contributed by atoms with Crippen molar-refractivity contribution in [2.75, 3.05) is 14.2 Å². The summed E-state index contributed by atoms with van der Waals surface area (Å²) in [4.78, 5) is 23.0. The fraction of sp³-hybridized carbons (Fsp3) is 0.833. The summed E-state index contributed by atoms with van der Waals surface area (Å²) in [5, 5.41) is 0. The lowest BCUT2D eigenvalue weighted by molar-refractivity contribution is -0.155. The second-order valence-corrected chi connectivity index (χ2v) is 4.43. The van der Waals surface area contributed by atoms with Crippen molar-refractivity contribution in [3.63, 3.8) is 0 Å². The minimum absolute atomic E-state index is 0.259. The first-order chi connectivity index (χ1) is 7.41. The molecule has 2 atom stereocenters. The van der Waals surface area contributed by atoms with Crippen molar-refractivity contribution in [3.8, 4) is 0 Å². The molecule has 0 rings (SSSR count). The lowest BCUT2D eigenvalue weighted by Gasteiger charge is -2.28. The van der Waals surface area contributed by atoms with Crippen LogP contribution in [-0.2, 0) is 19.1 Å². The van der Waals surface area contributed by atoms with E-state index >= 15 is 0 Å². The highest BCUT2D eigenvalue weighted by atomic mass is 16.5. The van der Waals surface area contributed by atoms with Gasteiger partial charge in [0.05, 0.1) is 25.6 Å². The largest absolute Gasteiger partial charge is 0.469 e. The molecule has 0 radical (unpaired) electrons. The van der Waals surface area contributed by atoms with Crippen molar-refractivity contribution in [2.45, 2.75) is 40.0 Å². The van der Waals surface area contributed by atoms with Crippen LogP contribution in [0.3, 0.4) is 0 Å². The quantitative estimate of drug-likeness (QED) is 0.656. The third kappa shape index (κ3) is 3.83. The van der Waals surface area contributed by atoms with Crippen LogP contribution in [0.5, 0.6) is 0 Å². The van der Waals surface area contributed by atoms with Crippen molar-refractivity contribution in [1.82, 2.24) is 0 Å². The van der Waals surface area contributed by atoms with E-state index in [0.717, 1.165) is 6.42 Å². The van der Waals surface area contributed by atoms with Crippen LogP contribution in [0.2, 0.25) is 0 Å². The number of hydrogen-bond acceptors (Lipinski definition) is 4. The van der Waals surface area contributed by atoms with Gasteiger partial charge in [-0.2, -0.15) is 0 Å². The van der Waals surface area contributed by atoms with Crippen LogP contribution >= 0.6 is 0 Å². The molecule has 0 aliphatic carbocycles. The van der Waals surface area contributed by atoms with Gasteiger partial charge in [-0.15, -0.1) is 0 Å². The Labute approximate surface area is 97.3 Å². The Morgan fingerprint density at radius 1 is 1.25 bits per heavy atom. The molecular formula is C12H22O4. The Morgan fingerprint density at radius 3 is 2.19 bits per heavy atom. The molecule has 2 unspecified atom stereocenters. The fourth-order valence-corrected chi connectivity index (χ4v) is 2.05. The Bertz CT molecular complexity index is 249. The third-order valence-electron chi connectivity index (χ3n) is 2.84. The zero-order valence-corrected chi connectivity index (χ0v) is 10.8. The summed E-state index contributed by atoms with van der Waals surface area (Å²) < 4.78 is 9.45. The Kier molecular flexibility index (Phi) is 6.08. The Morgan fingerprint density at radius 2 is 1.81 bits per heavy atom. The molecule has 0 saturated heterocycles. The molecule has 0 N–H and O–H groups in total. The van der Waals surface area contributed by atoms with E-state index in [9.17, 15) is 9.59 Å². The molecule has 94 valence electrons. The monoisotopic (exact) mass is 230 g/mol. The molecule has 0 aliphatic rings. The van der Waals surface area contributed by atoms with Gasteiger partial charge < -0.3 is 9.47 Å². The predicted octanol–water partition coefficient (Wildman–Crippen LogP) is 2.17. The Hall–Kier alpha value is -1.06. The summed E-state index contributed by atoms with van der Waals surface area (Å²) in [6.07, 6.45) is 2.04. The van der Waals surface area contributed by atoms with Gasteiger partial charge in [-0.1, -0.05) is 20.3 Å². The first-order valence-corrected chi connectivity index (χ1v) is 5.57. The van der Waals surface area contributed by atoms with E-state index < -0.39 is 5.41 Å². The second-order valence-electron chi connectivity index (χ2n) is 4.43. The van der Waals surface area contributed by atoms with E-state index in [-0.39, 0.29) is 17.9 Å². The van der Waals surface area contributed by atoms with E-state index in [1.807, 2.05) is 13.8 Å². The molecule has 0 fully saturated rings. The topological polar surface area (TPSA) is 52.6 Å². The molecule has 0 aromatic rings. The van der Waals surface area contributed by atoms with Gasteiger partial charge in [-0.25, -0.2) is 0 Å². The highest BCUT2D eigenvalue weighted by molar-refractivity contribution is 5.78. The normalized spacial score (nSPS) is 16.1. The molecule has 0 amide bonds. The highest BCUT2D eigenvalue weighted by Gasteiger charge is 2.36. The number of rotatable bonds is 6. The van der Waals surface area contributed by atoms with Crippen LogP contribution in [-0.4, -0.2) is 26.2 Å². The summed E-state index contributed by atoms with van der Waals surface area (Å²) in [6, 6.07) is 0. The molecular weight excluding hydrogens is 208 g/mol. The van der Waals surface area contributed by atoms with E-state index in [2.05, 4.69) is 4.74 Å². The summed E-state index contributed by atoms with van der Waals surface area (Å²) in [6.45, 7) is 5.61. The molecule has 4 heteroatoms. The molecule has 0 saturated carbocycles. The number of hydrogen-bond donors (Lipinski definition) is 0. The van der Waals surface area contributed by atoms with E-state index in [4.69, 9.17) is 4.74 Å². The number of esters is 2. The molecule has 0 aromatic heterocycles. The van der Waals surface area contributed by atoms with Crippen LogP contribution in [0.4, 0.5) is 0 Å². The van der Waals surface area contributed by atoms with Crippen molar-refractivity contribution in [1.29, 1.82) is 0 Å². The molecule has 0 bridgehead atoms. The lowest BCUT2D eigenvalue weighted by atomic mass is 9.78. The predicted molar refractivity (Wildman–Crippen MR) is 60.8 cm³/mol. The Balaban J connectivity index is 4.67. The average Bonchev–Trinajstić information content (AvgIpc) is 2.26. The van der Waals surface area contributed by atoms with Gasteiger partial charge in [0.2, 0.25) is 0 Å². The van der Waals surface area contributed by atoms with Crippen LogP contribution in [0, 0.1) is 11.3 Å². The van der Waals surface area contributed by atoms with Crippen molar-refractivity contribution < 1.29 is 19.1 Å². The zero-order chi connectivity index (χ0) is 12.8. The smallest absolute Gasteiger partial charge is 0.311 e. The minimum Gasteiger partial charge on any atom is -0.469 e. The number of methoxy groups -OCH3 is 2. The van der Waals surface area contributed by atoms with E-state index in [1.165, 1.54) is 14.2 Å². The SMILES string of the molecule is CCCC(C)(CC(C)C(=O)OC)C(=O)OC. The van der Waals surface area contributed by atoms with Gasteiger partial charge in [0.15, 0.2) is 0 Å². The minimum atomic E-state index is -0.600. The van der Waals surface area contributed by atoms with E-state index in [1.54, 1.807) is 6.92 Å². The van der Waals surface area contributed by atoms with Crippen molar-refractivity contribution in [3.05, 3.63) is 0 Å². The highest BCUT2D eigenvalue weighted by Crippen LogP contribution is 2.33. The van der Waals surface area contributed by atoms with Gasteiger partial charge in [0.1, 0.15) is 0 Å². The molecule has 0 aliphatic heterocycles. The van der Waals surface area contributed by atoms with Crippen molar-refractivity contribution >= 4 is 11.9 Å². The lowest BCUT2D eigenvalue weighted by Crippen LogP contribution is -2.33. The van der Waals surface area contributed by atoms with Gasteiger partial charge in [-0.3, -0.25) is 9.59 Å². The number of ether oxygens (including phenoxy) is 2. The van der Waals surface area contributed by atoms with Gasteiger partial charge >= 0.3 is 11.9 Å². The standard InChI is InChI=1S/C12H22O4/c1-6-7-12(3,11(14)16-5)8-9(2)10(13)15-4/h9H,6-8H2,1-5H3. The fourth-order valence-electron chi connectivity index (χ4n) is 2.05. The van der Waals surface area contributed by atoms with Gasteiger partial charge in [0.25, 0.3) is 0 Å². The summed E-state index contributed by atoms with van der Waals surface area (Å²) in [7, 11) is 2.73. The second kappa shape index (κ2) is 6.51. The van der Waals surface area contributed by atoms with Gasteiger partial charge in [0, 0.05) is 0 Å². The zero-order valence-electron chi connectivity index (χ0n) is 10.8. The molecule has 0 heterocycles. The summed E-state index contributed by atoms with van der Waals surface area (Å²) in [5.74, 6) is -0.836. The molecule has 16 heavy (non-hydrogen) atoms. The average molecular weight is 230 g/mol. The first kappa shape index (κ1) is 14.9. The maximum Gasteiger partial charge on any atom is 0.311 e.